The Morgan fingerprint density at radius 1 is 0.938 bits per heavy atom. The normalized spacial score (nSPS) is 21.5. The minimum atomic E-state index is -0.183. The van der Waals surface area contributed by atoms with Crippen LogP contribution in [-0.4, -0.2) is 34.7 Å². The molecule has 2 atom stereocenters. The molecule has 4 heteroatoms. The number of carbonyl (C=O) groups is 1. The number of piperidine rings is 1. The minimum absolute atomic E-state index is 0.0927. The number of hydrogen-bond acceptors (Lipinski definition) is 3. The van der Waals surface area contributed by atoms with Gasteiger partial charge in [0.1, 0.15) is 6.61 Å². The van der Waals surface area contributed by atoms with E-state index in [4.69, 9.17) is 4.74 Å². The van der Waals surface area contributed by atoms with Crippen LogP contribution in [0.1, 0.15) is 48.4 Å². The van der Waals surface area contributed by atoms with Crippen molar-refractivity contribution in [1.82, 2.24) is 9.88 Å². The van der Waals surface area contributed by atoms with Gasteiger partial charge in [-0.3, -0.25) is 9.88 Å². The molecule has 0 radical (unpaired) electrons. The van der Waals surface area contributed by atoms with Crippen molar-refractivity contribution >= 4 is 11.7 Å². The summed E-state index contributed by atoms with van der Waals surface area (Å²) in [6.07, 6.45) is 7.88. The highest BCUT2D eigenvalue weighted by Gasteiger charge is 2.39. The molecular formula is C28H26N2O2. The fourth-order valence-electron chi connectivity index (χ4n) is 5.73. The number of benzene rings is 2. The van der Waals surface area contributed by atoms with Crippen molar-refractivity contribution in [3.63, 3.8) is 0 Å². The number of rotatable bonds is 3. The first-order chi connectivity index (χ1) is 15.8. The second-order valence-corrected chi connectivity index (χ2v) is 8.97. The predicted octanol–water partition coefficient (Wildman–Crippen LogP) is 6.04. The summed E-state index contributed by atoms with van der Waals surface area (Å²) in [4.78, 5) is 19.8. The van der Waals surface area contributed by atoms with E-state index in [0.29, 0.717) is 6.61 Å². The Labute approximate surface area is 188 Å². The van der Waals surface area contributed by atoms with Crippen LogP contribution in [0.4, 0.5) is 4.79 Å². The number of aromatic nitrogens is 1. The maximum Gasteiger partial charge on any atom is 0.410 e. The molecule has 160 valence electrons. The van der Waals surface area contributed by atoms with E-state index in [-0.39, 0.29) is 24.1 Å². The molecule has 0 N–H and O–H groups in total. The van der Waals surface area contributed by atoms with Crippen LogP contribution in [0.5, 0.6) is 0 Å². The van der Waals surface area contributed by atoms with Crippen LogP contribution in [0.3, 0.4) is 0 Å². The molecule has 0 saturated carbocycles. The third-order valence-corrected chi connectivity index (χ3v) is 7.18. The van der Waals surface area contributed by atoms with Gasteiger partial charge < -0.3 is 4.74 Å². The zero-order valence-electron chi connectivity index (χ0n) is 18.0. The fraction of sp³-hybridized carbons (Fsp3) is 0.286. The van der Waals surface area contributed by atoms with E-state index in [2.05, 4.69) is 65.7 Å². The zero-order valence-corrected chi connectivity index (χ0v) is 18.0. The Morgan fingerprint density at radius 3 is 2.34 bits per heavy atom. The van der Waals surface area contributed by atoms with Crippen LogP contribution in [0, 0.1) is 0 Å². The highest BCUT2D eigenvalue weighted by Crippen LogP contribution is 2.45. The van der Waals surface area contributed by atoms with Gasteiger partial charge in [-0.25, -0.2) is 4.79 Å². The second kappa shape index (κ2) is 7.94. The second-order valence-electron chi connectivity index (χ2n) is 8.97. The molecule has 2 unspecified atom stereocenters. The van der Waals surface area contributed by atoms with Crippen LogP contribution >= 0.6 is 0 Å². The van der Waals surface area contributed by atoms with Gasteiger partial charge in [-0.1, -0.05) is 60.7 Å². The minimum Gasteiger partial charge on any atom is -0.448 e. The molecule has 3 aromatic rings. The van der Waals surface area contributed by atoms with Crippen LogP contribution in [-0.2, 0) is 4.74 Å². The smallest absolute Gasteiger partial charge is 0.410 e. The Kier molecular flexibility index (Phi) is 4.79. The number of pyridine rings is 1. The van der Waals surface area contributed by atoms with Gasteiger partial charge >= 0.3 is 6.09 Å². The largest absolute Gasteiger partial charge is 0.448 e. The molecule has 2 aromatic carbocycles. The highest BCUT2D eigenvalue weighted by molar-refractivity contribution is 5.79. The van der Waals surface area contributed by atoms with Crippen LogP contribution < -0.4 is 0 Å². The summed E-state index contributed by atoms with van der Waals surface area (Å²) in [5.74, 6) is 0.0932. The number of ether oxygens (including phenoxy) is 1. The van der Waals surface area contributed by atoms with E-state index in [9.17, 15) is 4.79 Å². The lowest BCUT2D eigenvalue weighted by molar-refractivity contribution is 0.0538. The van der Waals surface area contributed by atoms with Crippen LogP contribution in [0.15, 0.2) is 79.0 Å². The van der Waals surface area contributed by atoms with Gasteiger partial charge in [0, 0.05) is 18.2 Å². The van der Waals surface area contributed by atoms with Gasteiger partial charge in [0.25, 0.3) is 0 Å². The first-order valence-corrected chi connectivity index (χ1v) is 11.5. The first kappa shape index (κ1) is 19.3. The third-order valence-electron chi connectivity index (χ3n) is 7.18. The molecule has 32 heavy (non-hydrogen) atoms. The first-order valence-electron chi connectivity index (χ1n) is 11.5. The number of hydrogen-bond donors (Lipinski definition) is 0. The Balaban J connectivity index is 1.22. The van der Waals surface area contributed by atoms with E-state index >= 15 is 0 Å². The number of fused-ring (bicyclic) bond motifs is 5. The van der Waals surface area contributed by atoms with Crippen molar-refractivity contribution < 1.29 is 9.53 Å². The van der Waals surface area contributed by atoms with Gasteiger partial charge in [-0.2, -0.15) is 0 Å². The molecule has 0 spiro atoms. The monoisotopic (exact) mass is 422 g/mol. The zero-order chi connectivity index (χ0) is 21.5. The Morgan fingerprint density at radius 2 is 1.66 bits per heavy atom. The lowest BCUT2D eigenvalue weighted by Gasteiger charge is -2.44. The average Bonchev–Trinajstić information content (AvgIpc) is 3.16. The van der Waals surface area contributed by atoms with Crippen molar-refractivity contribution in [3.8, 4) is 11.1 Å². The molecule has 1 aliphatic carbocycles. The third kappa shape index (κ3) is 3.22. The number of carbonyl (C=O) groups excluding carboxylic acids is 1. The Bertz CT molecular complexity index is 1140. The summed E-state index contributed by atoms with van der Waals surface area (Å²) in [5, 5.41) is 0. The molecule has 1 saturated heterocycles. The number of amides is 1. The topological polar surface area (TPSA) is 42.4 Å². The maximum atomic E-state index is 13.3. The van der Waals surface area contributed by atoms with Crippen LogP contribution in [0.25, 0.3) is 16.7 Å². The van der Waals surface area contributed by atoms with E-state index in [1.807, 2.05) is 23.2 Å². The maximum absolute atomic E-state index is 13.3. The lowest BCUT2D eigenvalue weighted by atomic mass is 9.84. The van der Waals surface area contributed by atoms with Crippen molar-refractivity contribution in [2.75, 3.05) is 6.61 Å². The van der Waals surface area contributed by atoms with E-state index < -0.39 is 0 Å². The summed E-state index contributed by atoms with van der Waals surface area (Å²) in [5.41, 5.74) is 7.28. The average molecular weight is 423 g/mol. The molecule has 6 rings (SSSR count). The summed E-state index contributed by atoms with van der Waals surface area (Å²) in [6, 6.07) is 23.2. The fourth-order valence-corrected chi connectivity index (χ4v) is 5.73. The molecular weight excluding hydrogens is 396 g/mol. The molecule has 2 aliphatic heterocycles. The molecule has 1 aromatic heterocycles. The van der Waals surface area contributed by atoms with Gasteiger partial charge in [0.2, 0.25) is 0 Å². The van der Waals surface area contributed by atoms with Gasteiger partial charge in [-0.15, -0.1) is 0 Å². The summed E-state index contributed by atoms with van der Waals surface area (Å²) in [6.45, 7) is 0.375. The van der Waals surface area contributed by atoms with Crippen LogP contribution in [0.2, 0.25) is 0 Å². The summed E-state index contributed by atoms with van der Waals surface area (Å²) < 4.78 is 6.00. The Hall–Kier alpha value is -3.40. The van der Waals surface area contributed by atoms with Crippen molar-refractivity contribution in [2.24, 2.45) is 0 Å². The van der Waals surface area contributed by atoms with Crippen molar-refractivity contribution in [1.29, 1.82) is 0 Å². The van der Waals surface area contributed by atoms with Gasteiger partial charge in [0.05, 0.1) is 11.7 Å². The van der Waals surface area contributed by atoms with Crippen molar-refractivity contribution in [2.45, 2.75) is 43.7 Å². The van der Waals surface area contributed by atoms with E-state index in [0.717, 1.165) is 31.4 Å². The molecule has 1 amide bonds. The molecule has 4 nitrogen and oxygen atoms in total. The van der Waals surface area contributed by atoms with Gasteiger partial charge in [-0.05, 0) is 65.6 Å². The molecule has 3 aliphatic rings. The number of nitrogens with zero attached hydrogens (tertiary/aromatic N) is 2. The standard InChI is InChI=1S/C28H26N2O2/c31-28(30-20-8-7-9-21(30)17-19(16-20)27-14-5-6-15-29-27)32-18-26-24-12-3-1-10-22(24)23-11-2-4-13-25(23)26/h1-6,10-16,20-21,26H,7-9,17-18H2. The van der Waals surface area contributed by atoms with Gasteiger partial charge in [0.15, 0.2) is 0 Å². The highest BCUT2D eigenvalue weighted by atomic mass is 16.6. The van der Waals surface area contributed by atoms with Crippen molar-refractivity contribution in [3.05, 3.63) is 95.8 Å². The van der Waals surface area contributed by atoms with E-state index in [1.165, 1.54) is 27.8 Å². The molecule has 3 heterocycles. The van der Waals surface area contributed by atoms with E-state index in [1.54, 1.807) is 0 Å². The molecule has 1 fully saturated rings. The lowest BCUT2D eigenvalue weighted by Crippen LogP contribution is -2.51. The molecule has 2 bridgehead atoms. The predicted molar refractivity (Wildman–Crippen MR) is 125 cm³/mol. The SMILES string of the molecule is O=C(OCC1c2ccccc2-c2ccccc21)N1C2C=C(c3ccccn3)CC1CCC2. The summed E-state index contributed by atoms with van der Waals surface area (Å²) >= 11 is 0. The quantitative estimate of drug-likeness (QED) is 0.517. The summed E-state index contributed by atoms with van der Waals surface area (Å²) in [7, 11) is 0.